The molecule has 2 heterocycles. The maximum atomic E-state index is 11.0. The highest BCUT2D eigenvalue weighted by Crippen LogP contribution is 2.31. The van der Waals surface area contributed by atoms with Gasteiger partial charge in [-0.1, -0.05) is 6.42 Å². The Balaban J connectivity index is 2.13. The lowest BCUT2D eigenvalue weighted by Gasteiger charge is -2.30. The van der Waals surface area contributed by atoms with Gasteiger partial charge in [-0.3, -0.25) is 0 Å². The molecule has 3 N–H and O–H groups in total. The highest BCUT2D eigenvalue weighted by molar-refractivity contribution is 5.88. The topological polar surface area (TPSA) is 82.7 Å². The van der Waals surface area contributed by atoms with Gasteiger partial charge in [-0.15, -0.1) is 0 Å². The molecule has 2 rings (SSSR count). The average Bonchev–Trinajstić information content (AvgIpc) is 2.79. The summed E-state index contributed by atoms with van der Waals surface area (Å²) < 4.78 is 5.17. The normalized spacial score (nSPS) is 23.6. The highest BCUT2D eigenvalue weighted by Gasteiger charge is 2.34. The van der Waals surface area contributed by atoms with E-state index >= 15 is 0 Å². The SMILES string of the molecule is CC(O)(CC1CCCCN1)c1occc1C(=O)O. The number of rotatable bonds is 4. The molecule has 0 amide bonds. The number of furan rings is 1. The third-order valence-corrected chi connectivity index (χ3v) is 3.44. The molecule has 1 fully saturated rings. The fraction of sp³-hybridized carbons (Fsp3) is 0.615. The fourth-order valence-electron chi connectivity index (χ4n) is 2.57. The summed E-state index contributed by atoms with van der Waals surface area (Å²) in [4.78, 5) is 11.0. The van der Waals surface area contributed by atoms with Gasteiger partial charge in [-0.2, -0.15) is 0 Å². The summed E-state index contributed by atoms with van der Waals surface area (Å²) in [5.74, 6) is -0.932. The van der Waals surface area contributed by atoms with Crippen LogP contribution in [0.4, 0.5) is 0 Å². The quantitative estimate of drug-likeness (QED) is 0.761. The number of hydrogen-bond donors (Lipinski definition) is 3. The van der Waals surface area contributed by atoms with E-state index in [9.17, 15) is 9.90 Å². The Labute approximate surface area is 106 Å². The van der Waals surface area contributed by atoms with Crippen molar-refractivity contribution in [1.82, 2.24) is 5.32 Å². The molecule has 0 radical (unpaired) electrons. The van der Waals surface area contributed by atoms with E-state index in [0.29, 0.717) is 6.42 Å². The first-order chi connectivity index (χ1) is 8.50. The molecule has 5 heteroatoms. The molecule has 18 heavy (non-hydrogen) atoms. The van der Waals surface area contributed by atoms with Crippen molar-refractivity contribution < 1.29 is 19.4 Å². The van der Waals surface area contributed by atoms with Crippen LogP contribution in [0.3, 0.4) is 0 Å². The summed E-state index contributed by atoms with van der Waals surface area (Å²) >= 11 is 0. The number of carbonyl (C=O) groups is 1. The van der Waals surface area contributed by atoms with Crippen molar-refractivity contribution in [2.45, 2.75) is 44.2 Å². The summed E-state index contributed by atoms with van der Waals surface area (Å²) in [6.07, 6.45) is 5.05. The Morgan fingerprint density at radius 1 is 1.61 bits per heavy atom. The average molecular weight is 253 g/mol. The van der Waals surface area contributed by atoms with Crippen LogP contribution in [0.1, 0.15) is 48.7 Å². The first kappa shape index (κ1) is 13.1. The number of carboxylic acid groups (broad SMARTS) is 1. The maximum Gasteiger partial charge on any atom is 0.339 e. The third kappa shape index (κ3) is 2.73. The second-order valence-electron chi connectivity index (χ2n) is 5.09. The van der Waals surface area contributed by atoms with Gasteiger partial charge in [0.2, 0.25) is 0 Å². The molecular formula is C13H19NO4. The van der Waals surface area contributed by atoms with E-state index < -0.39 is 11.6 Å². The van der Waals surface area contributed by atoms with Crippen LogP contribution in [0, 0.1) is 0 Å². The van der Waals surface area contributed by atoms with Gasteiger partial charge in [0.25, 0.3) is 0 Å². The Kier molecular flexibility index (Phi) is 3.73. The van der Waals surface area contributed by atoms with Gasteiger partial charge in [0.1, 0.15) is 16.9 Å². The van der Waals surface area contributed by atoms with Gasteiger partial charge in [-0.25, -0.2) is 4.79 Å². The van der Waals surface area contributed by atoms with Crippen molar-refractivity contribution in [3.8, 4) is 0 Å². The van der Waals surface area contributed by atoms with Crippen molar-refractivity contribution >= 4 is 5.97 Å². The van der Waals surface area contributed by atoms with Gasteiger partial charge < -0.3 is 19.9 Å². The molecule has 1 aromatic heterocycles. The zero-order valence-corrected chi connectivity index (χ0v) is 10.5. The first-order valence-corrected chi connectivity index (χ1v) is 6.28. The van der Waals surface area contributed by atoms with Gasteiger partial charge in [0, 0.05) is 6.04 Å². The lowest BCUT2D eigenvalue weighted by atomic mass is 9.88. The first-order valence-electron chi connectivity index (χ1n) is 6.28. The van der Waals surface area contributed by atoms with Crippen molar-refractivity contribution in [2.75, 3.05) is 6.54 Å². The molecular weight excluding hydrogens is 234 g/mol. The van der Waals surface area contributed by atoms with E-state index in [-0.39, 0.29) is 17.4 Å². The number of aliphatic hydroxyl groups is 1. The van der Waals surface area contributed by atoms with Crippen molar-refractivity contribution in [2.24, 2.45) is 0 Å². The minimum Gasteiger partial charge on any atom is -0.478 e. The molecule has 0 saturated carbocycles. The Bertz CT molecular complexity index is 418. The zero-order chi connectivity index (χ0) is 13.2. The number of nitrogens with one attached hydrogen (secondary N) is 1. The van der Waals surface area contributed by atoms with Crippen molar-refractivity contribution in [1.29, 1.82) is 0 Å². The molecule has 5 nitrogen and oxygen atoms in total. The van der Waals surface area contributed by atoms with E-state index in [1.807, 2.05) is 0 Å². The molecule has 100 valence electrons. The Morgan fingerprint density at radius 2 is 2.39 bits per heavy atom. The third-order valence-electron chi connectivity index (χ3n) is 3.44. The number of hydrogen-bond acceptors (Lipinski definition) is 4. The lowest BCUT2D eigenvalue weighted by molar-refractivity contribution is 0.0105. The molecule has 1 aliphatic heterocycles. The molecule has 0 spiro atoms. The lowest BCUT2D eigenvalue weighted by Crippen LogP contribution is -2.40. The summed E-state index contributed by atoms with van der Waals surface area (Å²) in [5, 5.41) is 22.8. The number of carboxylic acids is 1. The van der Waals surface area contributed by atoms with E-state index in [2.05, 4.69) is 5.32 Å². The van der Waals surface area contributed by atoms with Crippen LogP contribution >= 0.6 is 0 Å². The van der Waals surface area contributed by atoms with Crippen LogP contribution in [0.15, 0.2) is 16.7 Å². The molecule has 2 atom stereocenters. The van der Waals surface area contributed by atoms with Crippen molar-refractivity contribution in [3.05, 3.63) is 23.7 Å². The van der Waals surface area contributed by atoms with Crippen LogP contribution in [0.2, 0.25) is 0 Å². The summed E-state index contributed by atoms with van der Waals surface area (Å²) in [7, 11) is 0. The van der Waals surface area contributed by atoms with Gasteiger partial charge >= 0.3 is 5.97 Å². The zero-order valence-electron chi connectivity index (χ0n) is 10.5. The van der Waals surface area contributed by atoms with Crippen LogP contribution in [-0.4, -0.2) is 28.8 Å². The summed E-state index contributed by atoms with van der Waals surface area (Å²) in [6, 6.07) is 1.58. The van der Waals surface area contributed by atoms with E-state index in [1.165, 1.54) is 12.3 Å². The second-order valence-corrected chi connectivity index (χ2v) is 5.09. The molecule has 1 aromatic rings. The second kappa shape index (κ2) is 5.12. The van der Waals surface area contributed by atoms with Crippen LogP contribution in [-0.2, 0) is 5.60 Å². The summed E-state index contributed by atoms with van der Waals surface area (Å²) in [5.41, 5.74) is -1.22. The molecule has 0 aromatic carbocycles. The van der Waals surface area contributed by atoms with Crippen LogP contribution in [0.5, 0.6) is 0 Å². The molecule has 0 aliphatic carbocycles. The Morgan fingerprint density at radius 3 is 3.00 bits per heavy atom. The molecule has 0 bridgehead atoms. The monoisotopic (exact) mass is 253 g/mol. The minimum atomic E-state index is -1.26. The largest absolute Gasteiger partial charge is 0.478 e. The summed E-state index contributed by atoms with van der Waals surface area (Å²) in [6.45, 7) is 2.55. The van der Waals surface area contributed by atoms with Gasteiger partial charge in [0.15, 0.2) is 0 Å². The number of piperidine rings is 1. The standard InChI is InChI=1S/C13H19NO4/c1-13(17,8-9-4-2-3-6-14-9)11-10(12(15)16)5-7-18-11/h5,7,9,14,17H,2-4,6,8H2,1H3,(H,15,16). The van der Waals surface area contributed by atoms with E-state index in [0.717, 1.165) is 25.8 Å². The molecule has 1 saturated heterocycles. The van der Waals surface area contributed by atoms with Crippen LogP contribution < -0.4 is 5.32 Å². The molecule has 2 unspecified atom stereocenters. The Hall–Kier alpha value is -1.33. The van der Waals surface area contributed by atoms with E-state index in [4.69, 9.17) is 9.52 Å². The highest BCUT2D eigenvalue weighted by atomic mass is 16.4. The van der Waals surface area contributed by atoms with Gasteiger partial charge in [-0.05, 0) is 38.8 Å². The number of aromatic carboxylic acids is 1. The van der Waals surface area contributed by atoms with Crippen LogP contribution in [0.25, 0.3) is 0 Å². The smallest absolute Gasteiger partial charge is 0.339 e. The molecule has 1 aliphatic rings. The maximum absolute atomic E-state index is 11.0. The fourth-order valence-corrected chi connectivity index (χ4v) is 2.57. The predicted molar refractivity (Wildman–Crippen MR) is 65.5 cm³/mol. The predicted octanol–water partition coefficient (Wildman–Crippen LogP) is 1.72. The van der Waals surface area contributed by atoms with Gasteiger partial charge in [0.05, 0.1) is 6.26 Å². The van der Waals surface area contributed by atoms with Crippen molar-refractivity contribution in [3.63, 3.8) is 0 Å². The van der Waals surface area contributed by atoms with E-state index in [1.54, 1.807) is 6.92 Å². The minimum absolute atomic E-state index is 0.0378.